The number of sulfonamides is 1. The van der Waals surface area contributed by atoms with Crippen molar-refractivity contribution in [2.45, 2.75) is 71.1 Å². The minimum Gasteiger partial charge on any atom is -0.199 e. The van der Waals surface area contributed by atoms with Gasteiger partial charge in [0.2, 0.25) is 0 Å². The van der Waals surface area contributed by atoms with E-state index in [-0.39, 0.29) is 11.8 Å². The fourth-order valence-corrected chi connectivity index (χ4v) is 4.80. The normalized spacial score (nSPS) is 12.9. The molecule has 156 valence electrons. The quantitative estimate of drug-likeness (QED) is 0.468. The van der Waals surface area contributed by atoms with Gasteiger partial charge in [0, 0.05) is 6.21 Å². The maximum Gasteiger partial charge on any atom is 0.282 e. The van der Waals surface area contributed by atoms with Crippen molar-refractivity contribution in [1.82, 2.24) is 0 Å². The van der Waals surface area contributed by atoms with Crippen LogP contribution in [0, 0.1) is 6.92 Å². The molecule has 2 aromatic rings. The average Bonchev–Trinajstić information content (AvgIpc) is 2.65. The van der Waals surface area contributed by atoms with E-state index in [9.17, 15) is 8.42 Å². The zero-order valence-electron chi connectivity index (χ0n) is 18.6. The first-order chi connectivity index (χ1) is 13.5. The Kier molecular flexibility index (Phi) is 7.59. The van der Waals surface area contributed by atoms with Crippen LogP contribution in [0.1, 0.15) is 87.1 Å². The zero-order chi connectivity index (χ0) is 21.8. The van der Waals surface area contributed by atoms with Gasteiger partial charge in [-0.05, 0) is 58.6 Å². The molecule has 0 aromatic heterocycles. The summed E-state index contributed by atoms with van der Waals surface area (Å²) in [5.74, 6) is 0.518. The third-order valence-corrected chi connectivity index (χ3v) is 6.47. The lowest BCUT2D eigenvalue weighted by molar-refractivity contribution is 0.592. The van der Waals surface area contributed by atoms with Gasteiger partial charge in [-0.25, -0.2) is 0 Å². The van der Waals surface area contributed by atoms with Crippen LogP contribution in [0.5, 0.6) is 0 Å². The summed E-state index contributed by atoms with van der Waals surface area (Å²) in [7, 11) is -3.80. The highest BCUT2D eigenvalue weighted by Gasteiger charge is 2.26. The highest BCUT2D eigenvalue weighted by molar-refractivity contribution is 7.90. The Morgan fingerprint density at radius 1 is 0.862 bits per heavy atom. The number of hydrogen-bond donors (Lipinski definition) is 0. The molecule has 0 aliphatic rings. The molecule has 0 aliphatic heterocycles. The predicted octanol–water partition coefficient (Wildman–Crippen LogP) is 6.84. The molecule has 0 spiro atoms. The minimum atomic E-state index is -3.80. The van der Waals surface area contributed by atoms with Crippen LogP contribution >= 0.6 is 0 Å². The van der Waals surface area contributed by atoms with Gasteiger partial charge in [-0.3, -0.25) is 0 Å². The summed E-state index contributed by atoms with van der Waals surface area (Å²) in [6, 6.07) is 12.0. The molecule has 0 atom stereocenters. The molecule has 2 rings (SSSR count). The smallest absolute Gasteiger partial charge is 0.199 e. The predicted molar refractivity (Wildman–Crippen MR) is 125 cm³/mol. The summed E-state index contributed by atoms with van der Waals surface area (Å²) >= 11 is 0. The molecule has 2 aromatic carbocycles. The topological polar surface area (TPSA) is 46.5 Å². The molecule has 0 bridgehead atoms. The molecule has 0 amide bonds. The van der Waals surface area contributed by atoms with Crippen molar-refractivity contribution < 1.29 is 8.42 Å². The molecule has 3 nitrogen and oxygen atoms in total. The molecule has 29 heavy (non-hydrogen) atoms. The Morgan fingerprint density at radius 2 is 1.41 bits per heavy atom. The molecular weight excluding hydrogens is 378 g/mol. The SMILES string of the molecule is Cc1ccccc1/C=C/C=N/S(=O)(=O)c1c(C(C)C)cc(C(C)C)cc1C(C)C. The summed E-state index contributed by atoms with van der Waals surface area (Å²) in [5.41, 5.74) is 5.04. The number of rotatable bonds is 7. The first-order valence-corrected chi connectivity index (χ1v) is 11.7. The number of benzene rings is 2. The van der Waals surface area contributed by atoms with Gasteiger partial charge in [-0.2, -0.15) is 12.8 Å². The van der Waals surface area contributed by atoms with Gasteiger partial charge >= 0.3 is 0 Å². The second kappa shape index (κ2) is 9.53. The second-order valence-corrected chi connectivity index (χ2v) is 10.0. The Balaban J connectivity index is 2.51. The standard InChI is InChI=1S/C25H33NO2S/c1-17(2)22-15-23(18(3)4)25(24(16-22)19(5)6)29(27,28)26-14-10-13-21-12-9-8-11-20(21)7/h8-19H,1-7H3/b13-10+,26-14+. The lowest BCUT2D eigenvalue weighted by atomic mass is 9.89. The van der Waals surface area contributed by atoms with Crippen LogP contribution in [-0.2, 0) is 10.0 Å². The summed E-state index contributed by atoms with van der Waals surface area (Å²) < 4.78 is 30.4. The van der Waals surface area contributed by atoms with Gasteiger partial charge in [-0.1, -0.05) is 84.0 Å². The van der Waals surface area contributed by atoms with Gasteiger partial charge in [0.15, 0.2) is 0 Å². The second-order valence-electron chi connectivity index (χ2n) is 8.44. The van der Waals surface area contributed by atoms with Crippen LogP contribution in [0.25, 0.3) is 6.08 Å². The number of aryl methyl sites for hydroxylation is 1. The van der Waals surface area contributed by atoms with E-state index >= 15 is 0 Å². The van der Waals surface area contributed by atoms with Crippen molar-refractivity contribution in [3.63, 3.8) is 0 Å². The lowest BCUT2D eigenvalue weighted by Gasteiger charge is -2.21. The third kappa shape index (κ3) is 5.66. The van der Waals surface area contributed by atoms with Crippen LogP contribution in [0.3, 0.4) is 0 Å². The van der Waals surface area contributed by atoms with E-state index in [0.717, 1.165) is 22.3 Å². The molecule has 4 heteroatoms. The monoisotopic (exact) mass is 411 g/mol. The van der Waals surface area contributed by atoms with Crippen LogP contribution in [0.15, 0.2) is 51.8 Å². The summed E-state index contributed by atoms with van der Waals surface area (Å²) in [6.07, 6.45) is 4.95. The van der Waals surface area contributed by atoms with Crippen molar-refractivity contribution in [2.24, 2.45) is 4.40 Å². The molecular formula is C25H33NO2S. The number of hydrogen-bond acceptors (Lipinski definition) is 2. The summed E-state index contributed by atoms with van der Waals surface area (Å²) in [5, 5.41) is 0. The van der Waals surface area contributed by atoms with E-state index < -0.39 is 10.0 Å². The Bertz CT molecular complexity index is 984. The maximum atomic E-state index is 13.2. The Labute approximate surface area is 176 Å². The van der Waals surface area contributed by atoms with Gasteiger partial charge in [0.1, 0.15) is 0 Å². The van der Waals surface area contributed by atoms with Crippen LogP contribution < -0.4 is 0 Å². The zero-order valence-corrected chi connectivity index (χ0v) is 19.4. The van der Waals surface area contributed by atoms with E-state index in [1.807, 2.05) is 77.1 Å². The highest BCUT2D eigenvalue weighted by Crippen LogP contribution is 2.35. The van der Waals surface area contributed by atoms with E-state index in [1.54, 1.807) is 6.08 Å². The summed E-state index contributed by atoms with van der Waals surface area (Å²) in [6.45, 7) is 14.4. The molecule has 0 fully saturated rings. The van der Waals surface area contributed by atoms with Crippen LogP contribution in [-0.4, -0.2) is 14.6 Å². The molecule has 0 radical (unpaired) electrons. The van der Waals surface area contributed by atoms with E-state index in [4.69, 9.17) is 0 Å². The molecule has 0 N–H and O–H groups in total. The average molecular weight is 412 g/mol. The minimum absolute atomic E-state index is 0.0914. The van der Waals surface area contributed by atoms with Gasteiger partial charge in [0.25, 0.3) is 10.0 Å². The van der Waals surface area contributed by atoms with Gasteiger partial charge < -0.3 is 0 Å². The Morgan fingerprint density at radius 3 is 1.90 bits per heavy atom. The first-order valence-electron chi connectivity index (χ1n) is 10.2. The van der Waals surface area contributed by atoms with Crippen molar-refractivity contribution in [1.29, 1.82) is 0 Å². The highest BCUT2D eigenvalue weighted by atomic mass is 32.2. The Hall–Kier alpha value is -2.20. The lowest BCUT2D eigenvalue weighted by Crippen LogP contribution is -2.11. The molecule has 0 saturated heterocycles. The van der Waals surface area contributed by atoms with Crippen molar-refractivity contribution in [3.05, 3.63) is 70.3 Å². The van der Waals surface area contributed by atoms with Crippen LogP contribution in [0.2, 0.25) is 0 Å². The van der Waals surface area contributed by atoms with E-state index in [2.05, 4.69) is 18.2 Å². The maximum absolute atomic E-state index is 13.2. The molecule has 0 unspecified atom stereocenters. The molecule has 0 saturated carbocycles. The van der Waals surface area contributed by atoms with Gasteiger partial charge in [-0.15, -0.1) is 0 Å². The third-order valence-electron chi connectivity index (χ3n) is 5.09. The van der Waals surface area contributed by atoms with E-state index in [1.165, 1.54) is 11.8 Å². The van der Waals surface area contributed by atoms with Crippen molar-refractivity contribution in [2.75, 3.05) is 0 Å². The number of allylic oxidation sites excluding steroid dienone is 1. The van der Waals surface area contributed by atoms with Crippen molar-refractivity contribution >= 4 is 22.3 Å². The first kappa shape index (κ1) is 23.1. The molecule has 0 heterocycles. The van der Waals surface area contributed by atoms with Crippen molar-refractivity contribution in [3.8, 4) is 0 Å². The van der Waals surface area contributed by atoms with Gasteiger partial charge in [0.05, 0.1) is 4.90 Å². The fourth-order valence-electron chi connectivity index (χ4n) is 3.28. The summed E-state index contributed by atoms with van der Waals surface area (Å²) in [4.78, 5) is 0.368. The van der Waals surface area contributed by atoms with Crippen LogP contribution in [0.4, 0.5) is 0 Å². The fraction of sp³-hybridized carbons (Fsp3) is 0.400. The number of nitrogens with zero attached hydrogens (tertiary/aromatic N) is 1. The van der Waals surface area contributed by atoms with E-state index in [0.29, 0.717) is 10.8 Å². The molecule has 0 aliphatic carbocycles. The largest absolute Gasteiger partial charge is 0.282 e.